The molecule has 0 saturated carbocycles. The molecule has 0 spiro atoms. The number of thiophene rings is 1. The van der Waals surface area contributed by atoms with Gasteiger partial charge in [-0.25, -0.2) is 4.79 Å². The summed E-state index contributed by atoms with van der Waals surface area (Å²) in [6.45, 7) is 2.03. The average molecular weight is 439 g/mol. The summed E-state index contributed by atoms with van der Waals surface area (Å²) in [4.78, 5) is 15.9. The van der Waals surface area contributed by atoms with Gasteiger partial charge in [0.25, 0.3) is 0 Å². The van der Waals surface area contributed by atoms with Crippen LogP contribution in [-0.2, 0) is 17.9 Å². The normalized spacial score (nSPS) is 15.5. The molecule has 7 heteroatoms. The average Bonchev–Trinajstić information content (AvgIpc) is 3.48. The zero-order chi connectivity index (χ0) is 21.5. The van der Waals surface area contributed by atoms with Crippen molar-refractivity contribution >= 4 is 23.1 Å². The van der Waals surface area contributed by atoms with Crippen LogP contribution in [0.3, 0.4) is 0 Å². The molecule has 1 aliphatic rings. The maximum Gasteiger partial charge on any atom is 0.322 e. The first kappa shape index (κ1) is 21.2. The smallest absolute Gasteiger partial charge is 0.322 e. The highest BCUT2D eigenvalue weighted by Crippen LogP contribution is 2.22. The zero-order valence-electron chi connectivity index (χ0n) is 17.2. The number of para-hydroxylation sites is 1. The molecule has 0 aliphatic carbocycles. The molecule has 1 atom stereocenters. The number of carbonyl (C=O) groups is 1. The number of carbonyl (C=O) groups excluding carboxylic acids is 1. The van der Waals surface area contributed by atoms with Gasteiger partial charge in [-0.05, 0) is 54.6 Å². The summed E-state index contributed by atoms with van der Waals surface area (Å²) in [5.41, 5.74) is 1.39. The van der Waals surface area contributed by atoms with Crippen LogP contribution in [0.2, 0.25) is 0 Å². The summed E-state index contributed by atoms with van der Waals surface area (Å²) in [5.74, 6) is 0.928. The van der Waals surface area contributed by atoms with Gasteiger partial charge in [0.1, 0.15) is 18.1 Å². The highest BCUT2D eigenvalue weighted by molar-refractivity contribution is 7.09. The zero-order valence-corrected chi connectivity index (χ0v) is 18.0. The van der Waals surface area contributed by atoms with Crippen molar-refractivity contribution < 1.29 is 19.4 Å². The monoisotopic (exact) mass is 438 g/mol. The van der Waals surface area contributed by atoms with E-state index in [0.29, 0.717) is 30.9 Å². The fraction of sp³-hybridized carbons (Fsp3) is 0.292. The summed E-state index contributed by atoms with van der Waals surface area (Å²) >= 11 is 1.66. The first-order chi connectivity index (χ1) is 15.2. The predicted octanol–water partition coefficient (Wildman–Crippen LogP) is 5.25. The first-order valence-corrected chi connectivity index (χ1v) is 11.2. The number of nitrogens with zero attached hydrogens (tertiary/aromatic N) is 1. The molecule has 0 radical (unpaired) electrons. The molecule has 2 heterocycles. The molecule has 3 aromatic rings. The number of benzene rings is 2. The molecule has 1 aliphatic heterocycles. The number of ether oxygens (including phenoxy) is 2. The Kier molecular flexibility index (Phi) is 7.07. The minimum atomic E-state index is -0.231. The molecule has 4 rings (SSSR count). The maximum absolute atomic E-state index is 13.0. The molecule has 6 nitrogen and oxygen atoms in total. The Hall–Kier alpha value is -3.03. The van der Waals surface area contributed by atoms with E-state index in [1.165, 1.54) is 0 Å². The number of nitrogens with one attached hydrogen (secondary N) is 1. The second-order valence-corrected chi connectivity index (χ2v) is 8.50. The number of hydrogen-bond donors (Lipinski definition) is 2. The van der Waals surface area contributed by atoms with Crippen LogP contribution in [0.4, 0.5) is 10.5 Å². The minimum Gasteiger partial charge on any atom is -0.508 e. The van der Waals surface area contributed by atoms with E-state index in [2.05, 4.69) is 5.32 Å². The molecule has 162 valence electrons. The minimum absolute atomic E-state index is 0.0182. The Morgan fingerprint density at radius 3 is 2.71 bits per heavy atom. The van der Waals surface area contributed by atoms with E-state index in [0.717, 1.165) is 30.1 Å². The van der Waals surface area contributed by atoms with E-state index in [9.17, 15) is 9.90 Å². The lowest BCUT2D eigenvalue weighted by Crippen LogP contribution is -2.39. The van der Waals surface area contributed by atoms with Crippen LogP contribution in [0.25, 0.3) is 0 Å². The van der Waals surface area contributed by atoms with Crippen molar-refractivity contribution in [3.05, 3.63) is 76.5 Å². The van der Waals surface area contributed by atoms with Gasteiger partial charge in [-0.15, -0.1) is 11.3 Å². The lowest BCUT2D eigenvalue weighted by molar-refractivity contribution is 0.0817. The highest BCUT2D eigenvalue weighted by atomic mass is 32.1. The van der Waals surface area contributed by atoms with Crippen molar-refractivity contribution in [1.29, 1.82) is 0 Å². The van der Waals surface area contributed by atoms with E-state index >= 15 is 0 Å². The van der Waals surface area contributed by atoms with Gasteiger partial charge >= 0.3 is 6.03 Å². The molecule has 2 N–H and O–H groups in total. The van der Waals surface area contributed by atoms with Crippen LogP contribution >= 0.6 is 11.3 Å². The standard InChI is InChI=1S/C24H26N2O4S/c27-23-8-2-1-5-18(23)15-26(16-21-6-3-13-29-21)24(28)25-19-9-11-20(12-10-19)30-17-22-7-4-14-31-22/h1-2,4-5,7-12,14,21,27H,3,6,13,15-17H2,(H,25,28). The fourth-order valence-electron chi connectivity index (χ4n) is 3.49. The SMILES string of the molecule is O=C(Nc1ccc(OCc2cccs2)cc1)N(Cc1ccccc1O)CC1CCCO1. The topological polar surface area (TPSA) is 71.0 Å². The summed E-state index contributed by atoms with van der Waals surface area (Å²) in [6, 6.07) is 18.2. The Bertz CT molecular complexity index is 970. The third kappa shape index (κ3) is 5.99. The van der Waals surface area contributed by atoms with E-state index < -0.39 is 0 Å². The number of amides is 2. The van der Waals surface area contributed by atoms with Crippen LogP contribution in [0.1, 0.15) is 23.3 Å². The number of aromatic hydroxyl groups is 1. The Labute approximate surface area is 186 Å². The predicted molar refractivity (Wildman–Crippen MR) is 122 cm³/mol. The number of urea groups is 1. The second-order valence-electron chi connectivity index (χ2n) is 7.47. The van der Waals surface area contributed by atoms with Gasteiger partial charge in [0, 0.05) is 29.3 Å². The molecule has 2 aromatic carbocycles. The van der Waals surface area contributed by atoms with Crippen molar-refractivity contribution in [3.63, 3.8) is 0 Å². The van der Waals surface area contributed by atoms with E-state index in [-0.39, 0.29) is 17.9 Å². The van der Waals surface area contributed by atoms with Gasteiger partial charge in [0.05, 0.1) is 12.6 Å². The molecule has 1 fully saturated rings. The molecular weight excluding hydrogens is 412 g/mol. The second kappa shape index (κ2) is 10.3. The van der Waals surface area contributed by atoms with Crippen LogP contribution in [-0.4, -0.2) is 35.3 Å². The number of anilines is 1. The maximum atomic E-state index is 13.0. The van der Waals surface area contributed by atoms with Gasteiger partial charge in [-0.1, -0.05) is 24.3 Å². The fourth-order valence-corrected chi connectivity index (χ4v) is 4.11. The van der Waals surface area contributed by atoms with Crippen LogP contribution in [0, 0.1) is 0 Å². The Balaban J connectivity index is 1.39. The molecule has 0 bridgehead atoms. The molecule has 1 unspecified atom stereocenters. The van der Waals surface area contributed by atoms with Gasteiger partial charge < -0.3 is 24.8 Å². The molecule has 1 aromatic heterocycles. The summed E-state index contributed by atoms with van der Waals surface area (Å²) < 4.78 is 11.5. The highest BCUT2D eigenvalue weighted by Gasteiger charge is 2.23. The van der Waals surface area contributed by atoms with Crippen molar-refractivity contribution in [2.45, 2.75) is 32.1 Å². The molecule has 1 saturated heterocycles. The number of phenolic OH excluding ortho intramolecular Hbond substituents is 1. The van der Waals surface area contributed by atoms with Gasteiger partial charge in [0.15, 0.2) is 0 Å². The van der Waals surface area contributed by atoms with E-state index in [1.807, 2.05) is 53.9 Å². The summed E-state index contributed by atoms with van der Waals surface area (Å²) in [7, 11) is 0. The third-order valence-corrected chi connectivity index (χ3v) is 6.00. The Morgan fingerprint density at radius 2 is 2.00 bits per heavy atom. The quantitative estimate of drug-likeness (QED) is 0.504. The number of rotatable bonds is 8. The van der Waals surface area contributed by atoms with Gasteiger partial charge in [0.2, 0.25) is 0 Å². The summed E-state index contributed by atoms with van der Waals surface area (Å²) in [6.07, 6.45) is 1.95. The Morgan fingerprint density at radius 1 is 1.16 bits per heavy atom. The van der Waals surface area contributed by atoms with Gasteiger partial charge in [-0.2, -0.15) is 0 Å². The first-order valence-electron chi connectivity index (χ1n) is 10.4. The molecule has 2 amide bonds. The lowest BCUT2D eigenvalue weighted by atomic mass is 10.1. The summed E-state index contributed by atoms with van der Waals surface area (Å²) in [5, 5.41) is 15.1. The van der Waals surface area contributed by atoms with Gasteiger partial charge in [-0.3, -0.25) is 0 Å². The van der Waals surface area contributed by atoms with Crippen LogP contribution < -0.4 is 10.1 Å². The van der Waals surface area contributed by atoms with Crippen molar-refractivity contribution in [3.8, 4) is 11.5 Å². The van der Waals surface area contributed by atoms with E-state index in [4.69, 9.17) is 9.47 Å². The van der Waals surface area contributed by atoms with Crippen molar-refractivity contribution in [2.24, 2.45) is 0 Å². The van der Waals surface area contributed by atoms with E-state index in [1.54, 1.807) is 28.4 Å². The molecule has 31 heavy (non-hydrogen) atoms. The lowest BCUT2D eigenvalue weighted by Gasteiger charge is -2.26. The van der Waals surface area contributed by atoms with Crippen molar-refractivity contribution in [2.75, 3.05) is 18.5 Å². The molecular formula is C24H26N2O4S. The van der Waals surface area contributed by atoms with Crippen LogP contribution in [0.5, 0.6) is 11.5 Å². The van der Waals surface area contributed by atoms with Crippen molar-refractivity contribution in [1.82, 2.24) is 4.90 Å². The largest absolute Gasteiger partial charge is 0.508 e. The van der Waals surface area contributed by atoms with Crippen LogP contribution in [0.15, 0.2) is 66.0 Å². The third-order valence-electron chi connectivity index (χ3n) is 5.15. The number of phenols is 1. The number of hydrogen-bond acceptors (Lipinski definition) is 5.